The van der Waals surface area contributed by atoms with Gasteiger partial charge in [0.15, 0.2) is 12.0 Å². The minimum absolute atomic E-state index is 0.188. The number of nitrogens with one attached hydrogen (secondary N) is 1. The molecule has 118 valence electrons. The van der Waals surface area contributed by atoms with Gasteiger partial charge in [0.25, 0.3) is 5.91 Å². The van der Waals surface area contributed by atoms with E-state index >= 15 is 0 Å². The van der Waals surface area contributed by atoms with Gasteiger partial charge in [0.1, 0.15) is 5.52 Å². The predicted octanol–water partition coefficient (Wildman–Crippen LogP) is 3.12. The highest BCUT2D eigenvalue weighted by molar-refractivity contribution is 5.97. The van der Waals surface area contributed by atoms with E-state index in [0.29, 0.717) is 17.8 Å². The standard InChI is InChI=1S/C18H18N2O3/c1-18(11-22-2,14-6-4-3-5-7-14)20-17(21)13-8-9-15-16(10-13)23-12-19-15/h3-10,12H,11H2,1-2H3,(H,20,21)/t18-/m0/s1. The van der Waals surface area contributed by atoms with E-state index in [-0.39, 0.29) is 5.91 Å². The molecule has 5 nitrogen and oxygen atoms in total. The van der Waals surface area contributed by atoms with Crippen molar-refractivity contribution in [1.29, 1.82) is 0 Å². The summed E-state index contributed by atoms with van der Waals surface area (Å²) >= 11 is 0. The second-order valence-corrected chi connectivity index (χ2v) is 5.62. The SMILES string of the molecule is COC[C@](C)(NC(=O)c1ccc2ncoc2c1)c1ccccc1. The lowest BCUT2D eigenvalue weighted by Gasteiger charge is -2.30. The van der Waals surface area contributed by atoms with E-state index in [4.69, 9.17) is 9.15 Å². The number of hydrogen-bond acceptors (Lipinski definition) is 4. The van der Waals surface area contributed by atoms with Crippen molar-refractivity contribution in [3.8, 4) is 0 Å². The van der Waals surface area contributed by atoms with Crippen LogP contribution in [0.25, 0.3) is 11.1 Å². The summed E-state index contributed by atoms with van der Waals surface area (Å²) in [5.74, 6) is -0.188. The number of aromatic nitrogens is 1. The molecule has 0 unspecified atom stereocenters. The molecule has 1 N–H and O–H groups in total. The molecule has 23 heavy (non-hydrogen) atoms. The number of benzene rings is 2. The second-order valence-electron chi connectivity index (χ2n) is 5.62. The summed E-state index contributed by atoms with van der Waals surface area (Å²) in [6, 6.07) is 15.0. The Bertz CT molecular complexity index is 813. The van der Waals surface area contributed by atoms with Gasteiger partial charge in [0.2, 0.25) is 0 Å². The Morgan fingerprint density at radius 3 is 2.78 bits per heavy atom. The van der Waals surface area contributed by atoms with Gasteiger partial charge in [-0.1, -0.05) is 30.3 Å². The van der Waals surface area contributed by atoms with Crippen molar-refractivity contribution in [2.75, 3.05) is 13.7 Å². The van der Waals surface area contributed by atoms with E-state index in [1.54, 1.807) is 25.3 Å². The number of hydrogen-bond donors (Lipinski definition) is 1. The molecule has 1 heterocycles. The van der Waals surface area contributed by atoms with Crippen molar-refractivity contribution in [2.45, 2.75) is 12.5 Å². The number of carbonyl (C=O) groups is 1. The summed E-state index contributed by atoms with van der Waals surface area (Å²) in [6.45, 7) is 2.31. The van der Waals surface area contributed by atoms with E-state index in [2.05, 4.69) is 10.3 Å². The van der Waals surface area contributed by atoms with Crippen LogP contribution in [0, 0.1) is 0 Å². The smallest absolute Gasteiger partial charge is 0.252 e. The average Bonchev–Trinajstić information content (AvgIpc) is 3.03. The molecule has 0 aliphatic heterocycles. The molecule has 3 rings (SSSR count). The van der Waals surface area contributed by atoms with E-state index in [0.717, 1.165) is 11.1 Å². The molecule has 1 amide bonds. The van der Waals surface area contributed by atoms with Gasteiger partial charge in [-0.05, 0) is 30.7 Å². The van der Waals surface area contributed by atoms with Crippen LogP contribution in [0.5, 0.6) is 0 Å². The Morgan fingerprint density at radius 1 is 1.26 bits per heavy atom. The molecule has 1 aromatic heterocycles. The maximum Gasteiger partial charge on any atom is 0.252 e. The molecule has 0 fully saturated rings. The van der Waals surface area contributed by atoms with Gasteiger partial charge < -0.3 is 14.5 Å². The molecule has 0 aliphatic rings. The van der Waals surface area contributed by atoms with Gasteiger partial charge in [-0.25, -0.2) is 4.98 Å². The van der Waals surface area contributed by atoms with Crippen molar-refractivity contribution >= 4 is 17.0 Å². The average molecular weight is 310 g/mol. The first-order chi connectivity index (χ1) is 11.1. The molecular weight excluding hydrogens is 292 g/mol. The summed E-state index contributed by atoms with van der Waals surface area (Å²) in [5, 5.41) is 3.06. The van der Waals surface area contributed by atoms with Gasteiger partial charge in [-0.3, -0.25) is 4.79 Å². The highest BCUT2D eigenvalue weighted by atomic mass is 16.5. The lowest BCUT2D eigenvalue weighted by molar-refractivity contribution is 0.0786. The monoisotopic (exact) mass is 310 g/mol. The number of methoxy groups -OCH3 is 1. The van der Waals surface area contributed by atoms with Crippen molar-refractivity contribution in [2.24, 2.45) is 0 Å². The first-order valence-corrected chi connectivity index (χ1v) is 7.32. The Balaban J connectivity index is 1.88. The van der Waals surface area contributed by atoms with Crippen LogP contribution in [0.4, 0.5) is 0 Å². The van der Waals surface area contributed by atoms with E-state index < -0.39 is 5.54 Å². The fourth-order valence-electron chi connectivity index (χ4n) is 2.61. The quantitative estimate of drug-likeness (QED) is 0.786. The number of fused-ring (bicyclic) bond motifs is 1. The van der Waals surface area contributed by atoms with Crippen LogP contribution >= 0.6 is 0 Å². The van der Waals surface area contributed by atoms with Crippen LogP contribution in [-0.2, 0) is 10.3 Å². The molecule has 0 bridgehead atoms. The molecule has 3 aromatic rings. The maximum atomic E-state index is 12.6. The minimum Gasteiger partial charge on any atom is -0.443 e. The second kappa shape index (κ2) is 6.22. The third kappa shape index (κ3) is 3.10. The molecular formula is C18H18N2O3. The van der Waals surface area contributed by atoms with Crippen LogP contribution in [0.15, 0.2) is 59.3 Å². The summed E-state index contributed by atoms with van der Waals surface area (Å²) in [4.78, 5) is 16.7. The number of nitrogens with zero attached hydrogens (tertiary/aromatic N) is 1. The van der Waals surface area contributed by atoms with Crippen LogP contribution in [0.1, 0.15) is 22.8 Å². The van der Waals surface area contributed by atoms with Crippen molar-refractivity contribution in [3.05, 3.63) is 66.1 Å². The zero-order valence-corrected chi connectivity index (χ0v) is 13.1. The largest absolute Gasteiger partial charge is 0.443 e. The van der Waals surface area contributed by atoms with Gasteiger partial charge in [0, 0.05) is 12.7 Å². The first kappa shape index (κ1) is 15.2. The molecule has 0 saturated carbocycles. The third-order valence-electron chi connectivity index (χ3n) is 3.83. The summed E-state index contributed by atoms with van der Waals surface area (Å²) in [5.41, 5.74) is 2.20. The normalized spacial score (nSPS) is 13.7. The molecule has 0 aliphatic carbocycles. The summed E-state index contributed by atoms with van der Waals surface area (Å²) < 4.78 is 10.6. The Morgan fingerprint density at radius 2 is 2.04 bits per heavy atom. The van der Waals surface area contributed by atoms with Crippen LogP contribution in [-0.4, -0.2) is 24.6 Å². The van der Waals surface area contributed by atoms with E-state index in [9.17, 15) is 4.79 Å². The fourth-order valence-corrected chi connectivity index (χ4v) is 2.61. The van der Waals surface area contributed by atoms with E-state index in [1.807, 2.05) is 37.3 Å². The fraction of sp³-hybridized carbons (Fsp3) is 0.222. The zero-order valence-electron chi connectivity index (χ0n) is 13.1. The third-order valence-corrected chi connectivity index (χ3v) is 3.83. The van der Waals surface area contributed by atoms with Gasteiger partial charge in [0.05, 0.1) is 12.1 Å². The van der Waals surface area contributed by atoms with Crippen molar-refractivity contribution in [3.63, 3.8) is 0 Å². The topological polar surface area (TPSA) is 64.4 Å². The zero-order chi connectivity index (χ0) is 16.3. The Hall–Kier alpha value is -2.66. The lowest BCUT2D eigenvalue weighted by atomic mass is 9.92. The van der Waals surface area contributed by atoms with E-state index in [1.165, 1.54) is 6.39 Å². The highest BCUT2D eigenvalue weighted by Gasteiger charge is 2.29. The number of carbonyl (C=O) groups excluding carboxylic acids is 1. The van der Waals surface area contributed by atoms with Gasteiger partial charge in [-0.15, -0.1) is 0 Å². The molecule has 0 spiro atoms. The van der Waals surface area contributed by atoms with Crippen molar-refractivity contribution < 1.29 is 13.9 Å². The molecule has 2 aromatic carbocycles. The predicted molar refractivity (Wildman–Crippen MR) is 87.1 cm³/mol. The highest BCUT2D eigenvalue weighted by Crippen LogP contribution is 2.22. The number of rotatable bonds is 5. The molecule has 0 radical (unpaired) electrons. The lowest BCUT2D eigenvalue weighted by Crippen LogP contribution is -2.46. The van der Waals surface area contributed by atoms with Crippen molar-refractivity contribution in [1.82, 2.24) is 10.3 Å². The number of amides is 1. The molecule has 1 atom stereocenters. The van der Waals surface area contributed by atoms with Gasteiger partial charge >= 0.3 is 0 Å². The van der Waals surface area contributed by atoms with Crippen LogP contribution in [0.3, 0.4) is 0 Å². The summed E-state index contributed by atoms with van der Waals surface area (Å²) in [6.07, 6.45) is 1.37. The van der Waals surface area contributed by atoms with Crippen LogP contribution < -0.4 is 5.32 Å². The Kier molecular flexibility index (Phi) is 4.12. The minimum atomic E-state index is -0.622. The number of ether oxygens (including phenoxy) is 1. The Labute approximate surface area is 134 Å². The molecule has 5 heteroatoms. The maximum absolute atomic E-state index is 12.6. The first-order valence-electron chi connectivity index (χ1n) is 7.32. The number of oxazole rings is 1. The summed E-state index contributed by atoms with van der Waals surface area (Å²) in [7, 11) is 1.62. The molecule has 0 saturated heterocycles. The van der Waals surface area contributed by atoms with Gasteiger partial charge in [-0.2, -0.15) is 0 Å². The van der Waals surface area contributed by atoms with Crippen LogP contribution in [0.2, 0.25) is 0 Å².